The van der Waals surface area contributed by atoms with Crippen LogP contribution in [0.1, 0.15) is 64.7 Å². The number of likely N-dealkylation sites (tertiary alicyclic amines) is 1. The third-order valence-corrected chi connectivity index (χ3v) is 5.54. The van der Waals surface area contributed by atoms with Crippen molar-refractivity contribution in [1.82, 2.24) is 15.5 Å². The topological polar surface area (TPSA) is 61.4 Å². The Kier molecular flexibility index (Phi) is 8.57. The first-order valence-electron chi connectivity index (χ1n) is 9.93. The molecule has 1 saturated heterocycles. The largest absolute Gasteiger partial charge is 0.354 e. The van der Waals surface area contributed by atoms with Crippen molar-refractivity contribution in [3.63, 3.8) is 0 Å². The molecule has 24 heavy (non-hydrogen) atoms. The van der Waals surface area contributed by atoms with Crippen molar-refractivity contribution in [2.75, 3.05) is 32.7 Å². The fourth-order valence-electron chi connectivity index (χ4n) is 3.95. The molecule has 0 spiro atoms. The van der Waals surface area contributed by atoms with Crippen molar-refractivity contribution in [3.8, 4) is 0 Å². The molecule has 5 nitrogen and oxygen atoms in total. The van der Waals surface area contributed by atoms with Crippen LogP contribution in [-0.4, -0.2) is 49.4 Å². The summed E-state index contributed by atoms with van der Waals surface area (Å²) in [5.74, 6) is 1.27. The molecule has 138 valence electrons. The van der Waals surface area contributed by atoms with Crippen molar-refractivity contribution in [2.24, 2.45) is 11.8 Å². The summed E-state index contributed by atoms with van der Waals surface area (Å²) < 4.78 is 0. The normalized spacial score (nSPS) is 20.2. The fraction of sp³-hybridized carbons (Fsp3) is 0.895. The standard InChI is InChI=1S/C19H35N3O2/c1-2-11-22-12-9-17(10-13-22)14-20-19(24)15-21-18(23)8-7-16-5-3-4-6-16/h16-17H,2-15H2,1H3,(H,20,24)(H,21,23). The Morgan fingerprint density at radius 3 is 2.33 bits per heavy atom. The summed E-state index contributed by atoms with van der Waals surface area (Å²) >= 11 is 0. The van der Waals surface area contributed by atoms with Gasteiger partial charge >= 0.3 is 0 Å². The highest BCUT2D eigenvalue weighted by Gasteiger charge is 2.19. The molecule has 0 aromatic rings. The molecule has 1 aliphatic carbocycles. The summed E-state index contributed by atoms with van der Waals surface area (Å²) in [5, 5.41) is 5.74. The molecule has 0 radical (unpaired) electrons. The van der Waals surface area contributed by atoms with Crippen molar-refractivity contribution in [2.45, 2.75) is 64.7 Å². The van der Waals surface area contributed by atoms with Gasteiger partial charge in [0.2, 0.25) is 11.8 Å². The first-order valence-corrected chi connectivity index (χ1v) is 9.93. The Bertz CT molecular complexity index is 386. The second kappa shape index (κ2) is 10.7. The number of rotatable bonds is 9. The van der Waals surface area contributed by atoms with Gasteiger partial charge in [0, 0.05) is 13.0 Å². The lowest BCUT2D eigenvalue weighted by atomic mass is 9.96. The van der Waals surface area contributed by atoms with E-state index < -0.39 is 0 Å². The molecule has 2 fully saturated rings. The molecule has 1 saturated carbocycles. The predicted octanol–water partition coefficient (Wildman–Crippen LogP) is 2.31. The zero-order chi connectivity index (χ0) is 17.2. The first kappa shape index (κ1) is 19.2. The zero-order valence-electron chi connectivity index (χ0n) is 15.3. The lowest BCUT2D eigenvalue weighted by molar-refractivity contribution is -0.126. The van der Waals surface area contributed by atoms with Crippen molar-refractivity contribution in [3.05, 3.63) is 0 Å². The van der Waals surface area contributed by atoms with E-state index in [1.165, 1.54) is 38.6 Å². The zero-order valence-corrected chi connectivity index (χ0v) is 15.3. The lowest BCUT2D eigenvalue weighted by Crippen LogP contribution is -2.42. The van der Waals surface area contributed by atoms with Crippen LogP contribution in [0.3, 0.4) is 0 Å². The highest BCUT2D eigenvalue weighted by Crippen LogP contribution is 2.28. The van der Waals surface area contributed by atoms with Gasteiger partial charge in [0.05, 0.1) is 6.54 Å². The van der Waals surface area contributed by atoms with E-state index in [0.717, 1.165) is 44.8 Å². The van der Waals surface area contributed by atoms with Gasteiger partial charge in [-0.15, -0.1) is 0 Å². The van der Waals surface area contributed by atoms with E-state index in [-0.39, 0.29) is 18.4 Å². The van der Waals surface area contributed by atoms with Crippen molar-refractivity contribution in [1.29, 1.82) is 0 Å². The second-order valence-electron chi connectivity index (χ2n) is 7.55. The van der Waals surface area contributed by atoms with Crippen LogP contribution in [-0.2, 0) is 9.59 Å². The third-order valence-electron chi connectivity index (χ3n) is 5.54. The molecule has 1 heterocycles. The van der Waals surface area contributed by atoms with Gasteiger partial charge in [-0.25, -0.2) is 0 Å². The van der Waals surface area contributed by atoms with Crippen LogP contribution in [0, 0.1) is 11.8 Å². The van der Waals surface area contributed by atoms with Gasteiger partial charge in [0.25, 0.3) is 0 Å². The van der Waals surface area contributed by atoms with Gasteiger partial charge < -0.3 is 15.5 Å². The molecular formula is C19H35N3O2. The minimum atomic E-state index is -0.0554. The quantitative estimate of drug-likeness (QED) is 0.679. The van der Waals surface area contributed by atoms with Crippen LogP contribution in [0.5, 0.6) is 0 Å². The van der Waals surface area contributed by atoms with Crippen LogP contribution in [0.2, 0.25) is 0 Å². The molecule has 0 unspecified atom stereocenters. The number of piperidine rings is 1. The van der Waals surface area contributed by atoms with Crippen molar-refractivity contribution < 1.29 is 9.59 Å². The highest BCUT2D eigenvalue weighted by atomic mass is 16.2. The molecule has 0 bridgehead atoms. The Labute approximate surface area is 146 Å². The van der Waals surface area contributed by atoms with Gasteiger partial charge in [-0.05, 0) is 57.2 Å². The molecular weight excluding hydrogens is 302 g/mol. The summed E-state index contributed by atoms with van der Waals surface area (Å²) in [5.41, 5.74) is 0. The minimum absolute atomic E-state index is 0.0184. The summed E-state index contributed by atoms with van der Waals surface area (Å²) in [4.78, 5) is 26.2. The molecule has 2 rings (SSSR count). The van der Waals surface area contributed by atoms with Crippen LogP contribution in [0.25, 0.3) is 0 Å². The van der Waals surface area contributed by atoms with Gasteiger partial charge in [0.1, 0.15) is 0 Å². The molecule has 2 N–H and O–H groups in total. The summed E-state index contributed by atoms with van der Waals surface area (Å²) in [6.07, 6.45) is 10.2. The minimum Gasteiger partial charge on any atom is -0.354 e. The van der Waals surface area contributed by atoms with E-state index in [9.17, 15) is 9.59 Å². The van der Waals surface area contributed by atoms with E-state index >= 15 is 0 Å². The maximum atomic E-state index is 11.9. The SMILES string of the molecule is CCCN1CCC(CNC(=O)CNC(=O)CCC2CCCC2)CC1. The number of nitrogens with zero attached hydrogens (tertiary/aromatic N) is 1. The van der Waals surface area contributed by atoms with Gasteiger partial charge in [-0.1, -0.05) is 32.6 Å². The third kappa shape index (κ3) is 7.20. The van der Waals surface area contributed by atoms with E-state index in [1.807, 2.05) is 0 Å². The average Bonchev–Trinajstić information content (AvgIpc) is 3.11. The highest BCUT2D eigenvalue weighted by molar-refractivity contribution is 5.84. The van der Waals surface area contributed by atoms with Crippen molar-refractivity contribution >= 4 is 11.8 Å². The van der Waals surface area contributed by atoms with Crippen LogP contribution in [0.4, 0.5) is 0 Å². The average molecular weight is 338 g/mol. The molecule has 0 aromatic carbocycles. The van der Waals surface area contributed by atoms with Crippen LogP contribution < -0.4 is 10.6 Å². The summed E-state index contributed by atoms with van der Waals surface area (Å²) in [6.45, 7) is 6.56. The maximum absolute atomic E-state index is 11.9. The van der Waals surface area contributed by atoms with E-state index in [0.29, 0.717) is 12.3 Å². The molecule has 1 aliphatic heterocycles. The number of hydrogen-bond donors (Lipinski definition) is 2. The number of nitrogens with one attached hydrogen (secondary N) is 2. The smallest absolute Gasteiger partial charge is 0.239 e. The Hall–Kier alpha value is -1.10. The number of carbonyl (C=O) groups is 2. The molecule has 5 heteroatoms. The van der Waals surface area contributed by atoms with Crippen LogP contribution in [0.15, 0.2) is 0 Å². The molecule has 2 amide bonds. The van der Waals surface area contributed by atoms with Gasteiger partial charge in [-0.2, -0.15) is 0 Å². The molecule has 0 atom stereocenters. The molecule has 0 aromatic heterocycles. The Morgan fingerprint density at radius 2 is 1.67 bits per heavy atom. The lowest BCUT2D eigenvalue weighted by Gasteiger charge is -2.31. The first-order chi connectivity index (χ1) is 11.7. The Morgan fingerprint density at radius 1 is 0.958 bits per heavy atom. The monoisotopic (exact) mass is 337 g/mol. The number of carbonyl (C=O) groups excluding carboxylic acids is 2. The van der Waals surface area contributed by atoms with E-state index in [4.69, 9.17) is 0 Å². The number of hydrogen-bond acceptors (Lipinski definition) is 3. The second-order valence-corrected chi connectivity index (χ2v) is 7.55. The fourth-order valence-corrected chi connectivity index (χ4v) is 3.95. The van der Waals surface area contributed by atoms with E-state index in [2.05, 4.69) is 22.5 Å². The number of amides is 2. The summed E-state index contributed by atoms with van der Waals surface area (Å²) in [7, 11) is 0. The van der Waals surface area contributed by atoms with Gasteiger partial charge in [-0.3, -0.25) is 9.59 Å². The molecule has 2 aliphatic rings. The van der Waals surface area contributed by atoms with Crippen LogP contribution >= 0.6 is 0 Å². The predicted molar refractivity (Wildman–Crippen MR) is 96.7 cm³/mol. The van der Waals surface area contributed by atoms with Gasteiger partial charge in [0.15, 0.2) is 0 Å². The Balaban J connectivity index is 1.49. The van der Waals surface area contributed by atoms with E-state index in [1.54, 1.807) is 0 Å². The summed E-state index contributed by atoms with van der Waals surface area (Å²) in [6, 6.07) is 0. The maximum Gasteiger partial charge on any atom is 0.239 e.